The molecule has 0 aliphatic carbocycles. The molecule has 3 unspecified atom stereocenters. The lowest BCUT2D eigenvalue weighted by molar-refractivity contribution is 0.105. The highest BCUT2D eigenvalue weighted by molar-refractivity contribution is 6.21. The largest absolute Gasteiger partial charge is 0.378 e. The molecule has 2 heterocycles. The molecular weight excluding hydrogens is 282 g/mol. The zero-order valence-electron chi connectivity index (χ0n) is 12.0. The molecular formula is C18H18ClNO. The number of fused-ring (bicyclic) bond motifs is 3. The van der Waals surface area contributed by atoms with Crippen molar-refractivity contribution < 1.29 is 4.74 Å². The number of alkyl halides is 1. The Kier molecular flexibility index (Phi) is 3.16. The molecule has 2 aromatic carbocycles. The highest BCUT2D eigenvalue weighted by atomic mass is 35.5. The summed E-state index contributed by atoms with van der Waals surface area (Å²) in [5.41, 5.74) is 3.53. The molecule has 1 aliphatic heterocycles. The summed E-state index contributed by atoms with van der Waals surface area (Å²) in [6, 6.07) is 14.9. The molecule has 2 nitrogen and oxygen atoms in total. The van der Waals surface area contributed by atoms with Gasteiger partial charge in [0.1, 0.15) is 0 Å². The average molecular weight is 300 g/mol. The van der Waals surface area contributed by atoms with Crippen LogP contribution in [0.4, 0.5) is 0 Å². The second kappa shape index (κ2) is 5.04. The van der Waals surface area contributed by atoms with Crippen LogP contribution in [0, 0.1) is 5.92 Å². The molecule has 4 rings (SSSR count). The third-order valence-electron chi connectivity index (χ3n) is 4.66. The lowest BCUT2D eigenvalue weighted by Crippen LogP contribution is -2.16. The maximum absolute atomic E-state index is 6.74. The molecule has 0 bridgehead atoms. The van der Waals surface area contributed by atoms with E-state index in [0.717, 1.165) is 13.0 Å². The number of hydrogen-bond acceptors (Lipinski definition) is 1. The van der Waals surface area contributed by atoms with Crippen molar-refractivity contribution in [3.05, 3.63) is 48.0 Å². The van der Waals surface area contributed by atoms with Gasteiger partial charge in [-0.05, 0) is 37.1 Å². The van der Waals surface area contributed by atoms with Gasteiger partial charge >= 0.3 is 0 Å². The van der Waals surface area contributed by atoms with Crippen LogP contribution in [-0.4, -0.2) is 17.7 Å². The van der Waals surface area contributed by atoms with Gasteiger partial charge in [0.05, 0.1) is 11.5 Å². The van der Waals surface area contributed by atoms with E-state index in [1.54, 1.807) is 0 Å². The molecule has 3 atom stereocenters. The van der Waals surface area contributed by atoms with Gasteiger partial charge in [-0.15, -0.1) is 11.6 Å². The van der Waals surface area contributed by atoms with Crippen LogP contribution in [0.2, 0.25) is 0 Å². The molecule has 108 valence electrons. The Hall–Kier alpha value is -1.51. The van der Waals surface area contributed by atoms with Crippen molar-refractivity contribution in [2.24, 2.45) is 5.92 Å². The average Bonchev–Trinajstić information content (AvgIpc) is 3.09. The van der Waals surface area contributed by atoms with Gasteiger partial charge in [0.2, 0.25) is 0 Å². The van der Waals surface area contributed by atoms with Gasteiger partial charge in [-0.25, -0.2) is 0 Å². The van der Waals surface area contributed by atoms with Crippen LogP contribution in [0.25, 0.3) is 21.8 Å². The summed E-state index contributed by atoms with van der Waals surface area (Å²) in [5.74, 6) is 0.398. The number of aromatic amines is 1. The number of rotatable bonds is 2. The van der Waals surface area contributed by atoms with Crippen LogP contribution < -0.4 is 0 Å². The molecule has 0 radical (unpaired) electrons. The monoisotopic (exact) mass is 299 g/mol. The Balaban J connectivity index is 1.80. The van der Waals surface area contributed by atoms with E-state index >= 15 is 0 Å². The number of halogens is 1. The number of nitrogens with one attached hydrogen (secondary N) is 1. The van der Waals surface area contributed by atoms with Gasteiger partial charge in [0, 0.05) is 34.3 Å². The van der Waals surface area contributed by atoms with Crippen molar-refractivity contribution in [1.29, 1.82) is 0 Å². The fourth-order valence-electron chi connectivity index (χ4n) is 3.42. The topological polar surface area (TPSA) is 25.0 Å². The quantitative estimate of drug-likeness (QED) is 0.660. The Morgan fingerprint density at radius 3 is 2.76 bits per heavy atom. The lowest BCUT2D eigenvalue weighted by Gasteiger charge is -2.20. The van der Waals surface area contributed by atoms with Crippen molar-refractivity contribution >= 4 is 33.4 Å². The summed E-state index contributed by atoms with van der Waals surface area (Å²) >= 11 is 6.74. The molecule has 3 aromatic rings. The minimum atomic E-state index is 0.0144. The van der Waals surface area contributed by atoms with Gasteiger partial charge in [-0.1, -0.05) is 24.3 Å². The minimum absolute atomic E-state index is 0.0144. The minimum Gasteiger partial charge on any atom is -0.378 e. The molecule has 3 heteroatoms. The summed E-state index contributed by atoms with van der Waals surface area (Å²) < 4.78 is 5.66. The van der Waals surface area contributed by atoms with Crippen molar-refractivity contribution in [1.82, 2.24) is 4.98 Å². The molecule has 0 amide bonds. The van der Waals surface area contributed by atoms with Crippen LogP contribution in [0.3, 0.4) is 0 Å². The summed E-state index contributed by atoms with van der Waals surface area (Å²) in [6.07, 6.45) is 1.28. The maximum atomic E-state index is 6.74. The van der Waals surface area contributed by atoms with Gasteiger partial charge in [0.25, 0.3) is 0 Å². The summed E-state index contributed by atoms with van der Waals surface area (Å²) in [6.45, 7) is 2.95. The Bertz CT molecular complexity index is 794. The molecule has 21 heavy (non-hydrogen) atoms. The van der Waals surface area contributed by atoms with E-state index in [-0.39, 0.29) is 11.5 Å². The van der Waals surface area contributed by atoms with Crippen molar-refractivity contribution in [3.63, 3.8) is 0 Å². The summed E-state index contributed by atoms with van der Waals surface area (Å²) in [5, 5.41) is 2.52. The number of para-hydroxylation sites is 1. The molecule has 1 fully saturated rings. The Morgan fingerprint density at radius 1 is 1.14 bits per heavy atom. The molecule has 0 spiro atoms. The van der Waals surface area contributed by atoms with Crippen molar-refractivity contribution in [2.75, 3.05) is 6.61 Å². The fourth-order valence-corrected chi connectivity index (χ4v) is 3.88. The predicted octanol–water partition coefficient (Wildman–Crippen LogP) is 5.03. The number of hydrogen-bond donors (Lipinski definition) is 1. The lowest BCUT2D eigenvalue weighted by atomic mass is 9.92. The van der Waals surface area contributed by atoms with Crippen LogP contribution in [0.15, 0.2) is 42.5 Å². The van der Waals surface area contributed by atoms with Crippen LogP contribution in [0.1, 0.15) is 24.3 Å². The van der Waals surface area contributed by atoms with Gasteiger partial charge in [-0.3, -0.25) is 0 Å². The SMILES string of the molecule is CC1OCCC1C(Cl)c1ccc2[nH]c3ccccc3c2c1. The molecule has 1 aliphatic rings. The fraction of sp³-hybridized carbons (Fsp3) is 0.333. The van der Waals surface area contributed by atoms with Crippen LogP contribution in [-0.2, 0) is 4.74 Å². The molecule has 1 saturated heterocycles. The number of aromatic nitrogens is 1. The molecule has 1 N–H and O–H groups in total. The van der Waals surface area contributed by atoms with E-state index in [1.165, 1.54) is 27.4 Å². The van der Waals surface area contributed by atoms with E-state index in [0.29, 0.717) is 5.92 Å². The van der Waals surface area contributed by atoms with Crippen molar-refractivity contribution in [3.8, 4) is 0 Å². The summed E-state index contributed by atoms with van der Waals surface area (Å²) in [4.78, 5) is 3.45. The van der Waals surface area contributed by atoms with E-state index in [9.17, 15) is 0 Å². The van der Waals surface area contributed by atoms with Crippen LogP contribution in [0.5, 0.6) is 0 Å². The van der Waals surface area contributed by atoms with E-state index in [2.05, 4.69) is 54.4 Å². The number of H-pyrrole nitrogens is 1. The maximum Gasteiger partial charge on any atom is 0.0639 e. The smallest absolute Gasteiger partial charge is 0.0639 e. The zero-order chi connectivity index (χ0) is 14.4. The predicted molar refractivity (Wildman–Crippen MR) is 87.9 cm³/mol. The van der Waals surface area contributed by atoms with E-state index < -0.39 is 0 Å². The molecule has 0 saturated carbocycles. The first kappa shape index (κ1) is 13.2. The first-order valence-electron chi connectivity index (χ1n) is 7.50. The van der Waals surface area contributed by atoms with Gasteiger partial charge in [-0.2, -0.15) is 0 Å². The standard InChI is InChI=1S/C18H18ClNO/c1-11-13(8-9-21-11)18(19)12-6-7-17-15(10-12)14-4-2-3-5-16(14)20-17/h2-7,10-11,13,18,20H,8-9H2,1H3. The van der Waals surface area contributed by atoms with Crippen molar-refractivity contribution in [2.45, 2.75) is 24.8 Å². The second-order valence-electron chi connectivity index (χ2n) is 5.91. The first-order chi connectivity index (χ1) is 10.2. The first-order valence-corrected chi connectivity index (χ1v) is 7.94. The van der Waals surface area contributed by atoms with Gasteiger partial charge < -0.3 is 9.72 Å². The number of benzene rings is 2. The highest BCUT2D eigenvalue weighted by Gasteiger charge is 2.31. The highest BCUT2D eigenvalue weighted by Crippen LogP contribution is 2.39. The Labute approximate surface area is 129 Å². The van der Waals surface area contributed by atoms with Gasteiger partial charge in [0.15, 0.2) is 0 Å². The number of ether oxygens (including phenoxy) is 1. The van der Waals surface area contributed by atoms with E-state index in [1.807, 2.05) is 0 Å². The second-order valence-corrected chi connectivity index (χ2v) is 6.38. The third-order valence-corrected chi connectivity index (χ3v) is 5.24. The normalized spacial score (nSPS) is 23.9. The molecule has 1 aromatic heterocycles. The summed E-state index contributed by atoms with van der Waals surface area (Å²) in [7, 11) is 0. The van der Waals surface area contributed by atoms with E-state index in [4.69, 9.17) is 16.3 Å². The third kappa shape index (κ3) is 2.14. The zero-order valence-corrected chi connectivity index (χ0v) is 12.7. The Morgan fingerprint density at radius 2 is 1.95 bits per heavy atom. The van der Waals surface area contributed by atoms with Crippen LogP contribution >= 0.6 is 11.6 Å².